The number of carbonyl (C=O) groups is 2. The minimum atomic E-state index is -0.574. The number of carbonyl (C=O) groups excluding carboxylic acids is 2. The Hall–Kier alpha value is -1.42. The highest BCUT2D eigenvalue weighted by atomic mass is 35.5. The van der Waals surface area contributed by atoms with Crippen molar-refractivity contribution >= 4 is 23.4 Å². The van der Waals surface area contributed by atoms with Crippen LogP contribution in [0.2, 0.25) is 5.02 Å². The fraction of sp³-hybridized carbons (Fsp3) is 0.500. The van der Waals surface area contributed by atoms with Gasteiger partial charge in [0.2, 0.25) is 0 Å². The molecular weight excluding hydrogens is 295 g/mol. The molecular formula is C16H20ClFO3. The number of hydrogen-bond donors (Lipinski definition) is 0. The number of ether oxygens (including phenoxy) is 1. The lowest BCUT2D eigenvalue weighted by Crippen LogP contribution is -2.04. The molecule has 0 atom stereocenters. The number of ketones is 1. The summed E-state index contributed by atoms with van der Waals surface area (Å²) in [6.45, 7) is 2.18. The van der Waals surface area contributed by atoms with Gasteiger partial charge in [-0.3, -0.25) is 9.59 Å². The molecule has 0 bridgehead atoms. The van der Waals surface area contributed by atoms with Crippen LogP contribution in [0.5, 0.6) is 0 Å². The molecule has 1 aromatic rings. The van der Waals surface area contributed by atoms with Gasteiger partial charge in [-0.05, 0) is 38.0 Å². The average Bonchev–Trinajstić information content (AvgIpc) is 2.42. The summed E-state index contributed by atoms with van der Waals surface area (Å²) in [6, 6.07) is 4.08. The monoisotopic (exact) mass is 314 g/mol. The molecule has 0 heterocycles. The molecule has 0 aliphatic heterocycles. The Morgan fingerprint density at radius 3 is 2.43 bits per heavy atom. The predicted molar refractivity (Wildman–Crippen MR) is 80.1 cm³/mol. The molecule has 3 nitrogen and oxygen atoms in total. The zero-order valence-electron chi connectivity index (χ0n) is 12.2. The van der Waals surface area contributed by atoms with Gasteiger partial charge in [-0.1, -0.05) is 24.4 Å². The number of benzene rings is 1. The van der Waals surface area contributed by atoms with Crippen LogP contribution < -0.4 is 0 Å². The van der Waals surface area contributed by atoms with E-state index >= 15 is 0 Å². The summed E-state index contributed by atoms with van der Waals surface area (Å²) in [6.07, 6.45) is 3.84. The fourth-order valence-electron chi connectivity index (χ4n) is 1.99. The van der Waals surface area contributed by atoms with Crippen molar-refractivity contribution in [2.45, 2.75) is 45.4 Å². The van der Waals surface area contributed by atoms with Crippen molar-refractivity contribution in [1.29, 1.82) is 0 Å². The number of rotatable bonds is 9. The minimum Gasteiger partial charge on any atom is -0.466 e. The number of esters is 1. The van der Waals surface area contributed by atoms with Crippen LogP contribution in [-0.2, 0) is 9.53 Å². The summed E-state index contributed by atoms with van der Waals surface area (Å²) in [5, 5.41) is 0.281. The smallest absolute Gasteiger partial charge is 0.305 e. The van der Waals surface area contributed by atoms with E-state index in [1.165, 1.54) is 12.1 Å². The van der Waals surface area contributed by atoms with Gasteiger partial charge in [0.05, 0.1) is 12.2 Å². The van der Waals surface area contributed by atoms with Crippen LogP contribution in [0.1, 0.15) is 55.8 Å². The van der Waals surface area contributed by atoms with Crippen LogP contribution in [-0.4, -0.2) is 18.4 Å². The zero-order valence-corrected chi connectivity index (χ0v) is 12.9. The van der Waals surface area contributed by atoms with Gasteiger partial charge < -0.3 is 4.74 Å². The van der Waals surface area contributed by atoms with E-state index in [2.05, 4.69) is 0 Å². The fourth-order valence-corrected chi connectivity index (χ4v) is 2.15. The summed E-state index contributed by atoms with van der Waals surface area (Å²) in [5.74, 6) is -0.971. The molecule has 5 heteroatoms. The molecule has 0 unspecified atom stereocenters. The lowest BCUT2D eigenvalue weighted by Gasteiger charge is -2.04. The van der Waals surface area contributed by atoms with E-state index in [1.807, 2.05) is 0 Å². The average molecular weight is 315 g/mol. The van der Waals surface area contributed by atoms with Gasteiger partial charge in [-0.2, -0.15) is 0 Å². The third kappa shape index (κ3) is 6.71. The predicted octanol–water partition coefficient (Wildman–Crippen LogP) is 4.57. The first-order chi connectivity index (χ1) is 10.0. The summed E-state index contributed by atoms with van der Waals surface area (Å²) in [5.41, 5.74) is 0.0888. The van der Waals surface area contributed by atoms with E-state index in [9.17, 15) is 14.0 Å². The molecule has 0 amide bonds. The van der Waals surface area contributed by atoms with Crippen molar-refractivity contribution in [3.63, 3.8) is 0 Å². The third-order valence-corrected chi connectivity index (χ3v) is 3.31. The minimum absolute atomic E-state index is 0.0888. The van der Waals surface area contributed by atoms with Crippen LogP contribution >= 0.6 is 11.6 Å². The Morgan fingerprint density at radius 1 is 1.14 bits per heavy atom. The highest BCUT2D eigenvalue weighted by Crippen LogP contribution is 2.17. The maximum Gasteiger partial charge on any atom is 0.305 e. The lowest BCUT2D eigenvalue weighted by molar-refractivity contribution is -0.143. The Kier molecular flexibility index (Phi) is 7.98. The topological polar surface area (TPSA) is 43.4 Å². The van der Waals surface area contributed by atoms with Crippen LogP contribution in [0, 0.1) is 5.82 Å². The Balaban J connectivity index is 2.21. The summed E-state index contributed by atoms with van der Waals surface area (Å²) in [4.78, 5) is 23.0. The van der Waals surface area contributed by atoms with E-state index in [1.54, 1.807) is 6.92 Å². The van der Waals surface area contributed by atoms with E-state index in [0.29, 0.717) is 25.9 Å². The SMILES string of the molecule is CCOC(=O)CCCCCCC(=O)c1ccc(Cl)cc1F. The van der Waals surface area contributed by atoms with Crippen molar-refractivity contribution in [2.75, 3.05) is 6.61 Å². The first-order valence-corrected chi connectivity index (χ1v) is 7.56. The Labute approximate surface area is 129 Å². The van der Waals surface area contributed by atoms with Gasteiger partial charge in [0.15, 0.2) is 5.78 Å². The van der Waals surface area contributed by atoms with Gasteiger partial charge >= 0.3 is 5.97 Å². The van der Waals surface area contributed by atoms with Crippen LogP contribution in [0.4, 0.5) is 4.39 Å². The molecule has 1 rings (SSSR count). The molecule has 21 heavy (non-hydrogen) atoms. The van der Waals surface area contributed by atoms with Gasteiger partial charge in [0, 0.05) is 17.9 Å². The van der Waals surface area contributed by atoms with Crippen LogP contribution in [0.3, 0.4) is 0 Å². The van der Waals surface area contributed by atoms with Crippen molar-refractivity contribution in [1.82, 2.24) is 0 Å². The molecule has 0 aliphatic carbocycles. The molecule has 0 saturated heterocycles. The lowest BCUT2D eigenvalue weighted by atomic mass is 10.0. The van der Waals surface area contributed by atoms with Crippen LogP contribution in [0.15, 0.2) is 18.2 Å². The maximum atomic E-state index is 13.5. The molecule has 0 spiro atoms. The molecule has 1 aromatic carbocycles. The van der Waals surface area contributed by atoms with Gasteiger partial charge in [0.25, 0.3) is 0 Å². The maximum absolute atomic E-state index is 13.5. The van der Waals surface area contributed by atoms with Gasteiger partial charge in [0.1, 0.15) is 5.82 Å². The third-order valence-electron chi connectivity index (χ3n) is 3.07. The van der Waals surface area contributed by atoms with E-state index in [4.69, 9.17) is 16.3 Å². The first kappa shape index (κ1) is 17.6. The molecule has 0 aromatic heterocycles. The molecule has 0 N–H and O–H groups in total. The number of Topliss-reactive ketones (excluding diaryl/α,β-unsaturated/α-hetero) is 1. The second kappa shape index (κ2) is 9.50. The van der Waals surface area contributed by atoms with Crippen molar-refractivity contribution in [3.8, 4) is 0 Å². The standard InChI is InChI=1S/C16H20ClFO3/c1-2-21-16(20)8-6-4-3-5-7-15(19)13-10-9-12(17)11-14(13)18/h9-11H,2-8H2,1H3. The summed E-state index contributed by atoms with van der Waals surface area (Å²) >= 11 is 5.64. The van der Waals surface area contributed by atoms with E-state index in [-0.39, 0.29) is 22.3 Å². The van der Waals surface area contributed by atoms with Gasteiger partial charge in [-0.25, -0.2) is 4.39 Å². The molecule has 0 radical (unpaired) electrons. The second-order valence-corrected chi connectivity index (χ2v) is 5.20. The Morgan fingerprint density at radius 2 is 1.81 bits per heavy atom. The normalized spacial score (nSPS) is 10.4. The molecule has 0 fully saturated rings. The van der Waals surface area contributed by atoms with E-state index < -0.39 is 5.82 Å². The van der Waals surface area contributed by atoms with Crippen molar-refractivity contribution in [2.24, 2.45) is 0 Å². The number of hydrogen-bond acceptors (Lipinski definition) is 3. The Bertz CT molecular complexity index is 488. The van der Waals surface area contributed by atoms with Gasteiger partial charge in [-0.15, -0.1) is 0 Å². The summed E-state index contributed by atoms with van der Waals surface area (Å²) in [7, 11) is 0. The number of unbranched alkanes of at least 4 members (excludes halogenated alkanes) is 3. The largest absolute Gasteiger partial charge is 0.466 e. The first-order valence-electron chi connectivity index (χ1n) is 7.18. The summed E-state index contributed by atoms with van der Waals surface area (Å²) < 4.78 is 18.4. The zero-order chi connectivity index (χ0) is 15.7. The molecule has 116 valence electrons. The van der Waals surface area contributed by atoms with Crippen molar-refractivity contribution < 1.29 is 18.7 Å². The van der Waals surface area contributed by atoms with Crippen molar-refractivity contribution in [3.05, 3.63) is 34.6 Å². The highest BCUT2D eigenvalue weighted by Gasteiger charge is 2.11. The highest BCUT2D eigenvalue weighted by molar-refractivity contribution is 6.30. The molecule has 0 aliphatic rings. The van der Waals surface area contributed by atoms with Crippen LogP contribution in [0.25, 0.3) is 0 Å². The molecule has 0 saturated carbocycles. The second-order valence-electron chi connectivity index (χ2n) is 4.77. The quantitative estimate of drug-likeness (QED) is 0.381. The van der Waals surface area contributed by atoms with E-state index in [0.717, 1.165) is 25.3 Å². The number of halogens is 2.